The molecule has 1 aliphatic heterocycles. The minimum absolute atomic E-state index is 0.105. The van der Waals surface area contributed by atoms with Gasteiger partial charge in [-0.25, -0.2) is 0 Å². The molecule has 1 heterocycles. The summed E-state index contributed by atoms with van der Waals surface area (Å²) in [6.45, 7) is 6.29. The van der Waals surface area contributed by atoms with Crippen LogP contribution in [0.1, 0.15) is 20.3 Å². The Labute approximate surface area is 98.5 Å². The van der Waals surface area contributed by atoms with Gasteiger partial charge < -0.3 is 16.2 Å². The van der Waals surface area contributed by atoms with E-state index in [0.717, 1.165) is 25.2 Å². The number of aliphatic hydroxyl groups is 1. The van der Waals surface area contributed by atoms with Crippen LogP contribution in [-0.4, -0.2) is 48.8 Å². The molecular formula is C12H25N3O. The minimum atomic E-state index is 0.105. The average molecular weight is 227 g/mol. The lowest BCUT2D eigenvalue weighted by Crippen LogP contribution is -2.49. The third-order valence-electron chi connectivity index (χ3n) is 2.74. The van der Waals surface area contributed by atoms with E-state index in [1.54, 1.807) is 0 Å². The Morgan fingerprint density at radius 3 is 2.88 bits per heavy atom. The monoisotopic (exact) mass is 227 g/mol. The third kappa shape index (κ3) is 4.51. The highest BCUT2D eigenvalue weighted by atomic mass is 16.3. The molecule has 16 heavy (non-hydrogen) atoms. The molecule has 0 aromatic rings. The van der Waals surface area contributed by atoms with Crippen LogP contribution in [0.2, 0.25) is 0 Å². The second kappa shape index (κ2) is 6.23. The normalized spacial score (nSPS) is 27.1. The smallest absolute Gasteiger partial charge is 0.0645 e. The van der Waals surface area contributed by atoms with E-state index in [1.807, 2.05) is 0 Å². The van der Waals surface area contributed by atoms with Crippen LogP contribution in [0.15, 0.2) is 11.8 Å². The molecule has 1 saturated heterocycles. The van der Waals surface area contributed by atoms with E-state index in [-0.39, 0.29) is 18.7 Å². The summed E-state index contributed by atoms with van der Waals surface area (Å²) in [6.07, 6.45) is 3.09. The summed E-state index contributed by atoms with van der Waals surface area (Å²) in [7, 11) is 2.06. The predicted molar refractivity (Wildman–Crippen MR) is 67.0 cm³/mol. The molecule has 2 atom stereocenters. The number of nitrogens with zero attached hydrogens (tertiary/aromatic N) is 1. The molecule has 0 spiro atoms. The lowest BCUT2D eigenvalue weighted by atomic mass is 10.0. The first-order chi connectivity index (χ1) is 7.51. The van der Waals surface area contributed by atoms with Crippen LogP contribution in [0.4, 0.5) is 0 Å². The maximum Gasteiger partial charge on any atom is 0.0645 e. The molecule has 2 unspecified atom stereocenters. The molecule has 4 nitrogen and oxygen atoms in total. The number of nitrogens with one attached hydrogen (secondary N) is 1. The highest BCUT2D eigenvalue weighted by molar-refractivity contribution is 5.10. The summed E-state index contributed by atoms with van der Waals surface area (Å²) in [5.41, 5.74) is 7.18. The maximum absolute atomic E-state index is 9.16. The maximum atomic E-state index is 9.16. The summed E-state index contributed by atoms with van der Waals surface area (Å²) < 4.78 is 0. The van der Waals surface area contributed by atoms with Gasteiger partial charge in [0.25, 0.3) is 0 Å². The van der Waals surface area contributed by atoms with Gasteiger partial charge in [-0.1, -0.05) is 13.8 Å². The molecule has 4 N–H and O–H groups in total. The van der Waals surface area contributed by atoms with Crippen molar-refractivity contribution < 1.29 is 5.11 Å². The molecule has 94 valence electrons. The molecular weight excluding hydrogens is 202 g/mol. The van der Waals surface area contributed by atoms with Gasteiger partial charge in [-0.2, -0.15) is 0 Å². The Bertz CT molecular complexity index is 240. The SMILES string of the molecule is CC(C)CC(N)/C=C1/CN(C)CC(CO)N1. The van der Waals surface area contributed by atoms with Crippen LogP contribution >= 0.6 is 0 Å². The number of aliphatic hydroxyl groups excluding tert-OH is 1. The van der Waals surface area contributed by atoms with Gasteiger partial charge in [0.1, 0.15) is 0 Å². The number of nitrogens with two attached hydrogens (primary N) is 1. The van der Waals surface area contributed by atoms with Crippen molar-refractivity contribution in [1.29, 1.82) is 0 Å². The van der Waals surface area contributed by atoms with Gasteiger partial charge in [0.05, 0.1) is 12.6 Å². The Kier molecular flexibility index (Phi) is 5.25. The predicted octanol–water partition coefficient (Wildman–Crippen LogP) is 0.140. The molecule has 1 aliphatic rings. The number of rotatable bonds is 4. The van der Waals surface area contributed by atoms with E-state index >= 15 is 0 Å². The molecule has 0 amide bonds. The first-order valence-corrected chi connectivity index (χ1v) is 6.03. The van der Waals surface area contributed by atoms with Crippen molar-refractivity contribution >= 4 is 0 Å². The van der Waals surface area contributed by atoms with Gasteiger partial charge in [0, 0.05) is 24.8 Å². The van der Waals surface area contributed by atoms with E-state index in [9.17, 15) is 0 Å². The quantitative estimate of drug-likeness (QED) is 0.639. The van der Waals surface area contributed by atoms with Crippen molar-refractivity contribution in [3.63, 3.8) is 0 Å². The number of hydrogen-bond acceptors (Lipinski definition) is 4. The average Bonchev–Trinajstić information content (AvgIpc) is 2.14. The van der Waals surface area contributed by atoms with Crippen LogP contribution in [0, 0.1) is 5.92 Å². The molecule has 0 saturated carbocycles. The first-order valence-electron chi connectivity index (χ1n) is 6.03. The van der Waals surface area contributed by atoms with Gasteiger partial charge in [-0.15, -0.1) is 0 Å². The molecule has 0 radical (unpaired) electrons. The Morgan fingerprint density at radius 2 is 2.31 bits per heavy atom. The zero-order valence-electron chi connectivity index (χ0n) is 10.6. The lowest BCUT2D eigenvalue weighted by Gasteiger charge is -2.33. The Morgan fingerprint density at radius 1 is 1.62 bits per heavy atom. The second-order valence-electron chi connectivity index (χ2n) is 5.21. The molecule has 0 aliphatic carbocycles. The van der Waals surface area contributed by atoms with Crippen molar-refractivity contribution in [2.75, 3.05) is 26.7 Å². The van der Waals surface area contributed by atoms with Crippen LogP contribution in [0.5, 0.6) is 0 Å². The summed E-state index contributed by atoms with van der Waals surface area (Å²) in [4.78, 5) is 2.20. The standard InChI is InChI=1S/C12H25N3O/c1-9(2)4-10(13)5-11-6-15(3)7-12(8-16)14-11/h5,9-10,12,14,16H,4,6-8,13H2,1-3H3/b11-5-. The molecule has 4 heteroatoms. The fourth-order valence-electron chi connectivity index (χ4n) is 2.16. The molecule has 0 bridgehead atoms. The topological polar surface area (TPSA) is 61.5 Å². The van der Waals surface area contributed by atoms with Crippen molar-refractivity contribution in [1.82, 2.24) is 10.2 Å². The van der Waals surface area contributed by atoms with Gasteiger partial charge in [0.2, 0.25) is 0 Å². The van der Waals surface area contributed by atoms with E-state index in [0.29, 0.717) is 5.92 Å². The Balaban J connectivity index is 2.53. The van der Waals surface area contributed by atoms with Crippen LogP contribution < -0.4 is 11.1 Å². The second-order valence-corrected chi connectivity index (χ2v) is 5.21. The molecule has 0 aromatic heterocycles. The number of hydrogen-bond donors (Lipinski definition) is 3. The third-order valence-corrected chi connectivity index (χ3v) is 2.74. The van der Waals surface area contributed by atoms with Crippen LogP contribution in [-0.2, 0) is 0 Å². The highest BCUT2D eigenvalue weighted by Gasteiger charge is 2.19. The zero-order valence-corrected chi connectivity index (χ0v) is 10.6. The fourth-order valence-corrected chi connectivity index (χ4v) is 2.16. The van der Waals surface area contributed by atoms with Crippen molar-refractivity contribution in [3.8, 4) is 0 Å². The lowest BCUT2D eigenvalue weighted by molar-refractivity contribution is 0.186. The zero-order chi connectivity index (χ0) is 12.1. The molecule has 0 aromatic carbocycles. The van der Waals surface area contributed by atoms with Gasteiger partial charge in [-0.3, -0.25) is 4.90 Å². The van der Waals surface area contributed by atoms with E-state index < -0.39 is 0 Å². The van der Waals surface area contributed by atoms with Crippen LogP contribution in [0.25, 0.3) is 0 Å². The fraction of sp³-hybridized carbons (Fsp3) is 0.833. The highest BCUT2D eigenvalue weighted by Crippen LogP contribution is 2.09. The molecule has 1 rings (SSSR count). The van der Waals surface area contributed by atoms with E-state index in [1.165, 1.54) is 0 Å². The first kappa shape index (κ1) is 13.5. The number of likely N-dealkylation sites (N-methyl/N-ethyl adjacent to an activating group) is 1. The minimum Gasteiger partial charge on any atom is -0.394 e. The summed E-state index contributed by atoms with van der Waals surface area (Å²) in [6, 6.07) is 0.240. The number of piperazine rings is 1. The van der Waals surface area contributed by atoms with Crippen molar-refractivity contribution in [2.24, 2.45) is 11.7 Å². The molecule has 1 fully saturated rings. The van der Waals surface area contributed by atoms with Crippen LogP contribution in [0.3, 0.4) is 0 Å². The van der Waals surface area contributed by atoms with E-state index in [4.69, 9.17) is 10.8 Å². The van der Waals surface area contributed by atoms with Gasteiger partial charge >= 0.3 is 0 Å². The van der Waals surface area contributed by atoms with Crippen molar-refractivity contribution in [3.05, 3.63) is 11.8 Å². The summed E-state index contributed by atoms with van der Waals surface area (Å²) >= 11 is 0. The van der Waals surface area contributed by atoms with Gasteiger partial charge in [0.15, 0.2) is 0 Å². The summed E-state index contributed by atoms with van der Waals surface area (Å²) in [5, 5.41) is 12.5. The van der Waals surface area contributed by atoms with Crippen molar-refractivity contribution in [2.45, 2.75) is 32.4 Å². The summed E-state index contributed by atoms with van der Waals surface area (Å²) in [5.74, 6) is 0.613. The van der Waals surface area contributed by atoms with Gasteiger partial charge in [-0.05, 0) is 25.5 Å². The van der Waals surface area contributed by atoms with E-state index in [2.05, 4.69) is 37.2 Å². The Hall–Kier alpha value is -0.580. The largest absolute Gasteiger partial charge is 0.394 e.